The molecule has 0 amide bonds. The molecular weight excluding hydrogens is 515 g/mol. The maximum absolute atomic E-state index is 9.75. The van der Waals surface area contributed by atoms with Gasteiger partial charge < -0.3 is 26.1 Å². The molecule has 0 saturated carbocycles. The predicted octanol–water partition coefficient (Wildman–Crippen LogP) is 5.88. The van der Waals surface area contributed by atoms with Gasteiger partial charge in [-0.3, -0.25) is 0 Å². The standard InChI is InChI=1S/C20H25NO3.C5H6ClN2.Y/c1-14(2)18-5-3-4-6-20(18)24-17-7-8-19(16(11-17)13-22)15-9-10-21(23)12-15;6-4-2-1-3-8-5(4)7;/h3-8,11,14-15,22-23H,9-10,12-13H2,1-2H3;1-2,7-8H,3H2;/q;-1;. The first kappa shape index (κ1) is 27.8. The number of hydrogen-bond acceptors (Lipinski definition) is 5. The molecule has 2 aromatic carbocycles. The third kappa shape index (κ3) is 7.81. The summed E-state index contributed by atoms with van der Waals surface area (Å²) < 4.78 is 6.08. The minimum atomic E-state index is -0.0275. The van der Waals surface area contributed by atoms with Crippen LogP contribution in [0.25, 0.3) is 5.73 Å². The monoisotopic (exact) mass is 545 g/mol. The van der Waals surface area contributed by atoms with Crippen molar-refractivity contribution in [2.75, 3.05) is 19.6 Å². The first-order chi connectivity index (χ1) is 15.4. The summed E-state index contributed by atoms with van der Waals surface area (Å²) in [5.74, 6) is 2.54. The van der Waals surface area contributed by atoms with Gasteiger partial charge in [0.25, 0.3) is 0 Å². The number of rotatable bonds is 5. The average molecular weight is 546 g/mol. The van der Waals surface area contributed by atoms with Crippen LogP contribution in [0.2, 0.25) is 0 Å². The molecule has 0 bridgehead atoms. The molecule has 2 aromatic rings. The summed E-state index contributed by atoms with van der Waals surface area (Å²) in [4.78, 5) is 0. The maximum Gasteiger partial charge on any atom is 0.130 e. The second-order valence-corrected chi connectivity index (χ2v) is 8.62. The van der Waals surface area contributed by atoms with Crippen molar-refractivity contribution in [1.29, 1.82) is 0 Å². The number of aliphatic hydroxyl groups is 1. The summed E-state index contributed by atoms with van der Waals surface area (Å²) in [6.45, 7) is 6.27. The molecule has 0 aliphatic carbocycles. The predicted molar refractivity (Wildman–Crippen MR) is 128 cm³/mol. The van der Waals surface area contributed by atoms with Gasteiger partial charge in [-0.05, 0) is 59.8 Å². The third-order valence-electron chi connectivity index (χ3n) is 5.56. The molecular formula is C25H31ClN3O3Y-. The number of hydrogen-bond donors (Lipinski definition) is 3. The van der Waals surface area contributed by atoms with Crippen LogP contribution in [0.1, 0.15) is 48.8 Å². The van der Waals surface area contributed by atoms with E-state index in [1.54, 1.807) is 6.08 Å². The van der Waals surface area contributed by atoms with Crippen LogP contribution in [0, 0.1) is 0 Å². The van der Waals surface area contributed by atoms with E-state index in [2.05, 4.69) is 25.2 Å². The van der Waals surface area contributed by atoms with Crippen LogP contribution < -0.4 is 10.1 Å². The van der Waals surface area contributed by atoms with Gasteiger partial charge in [-0.15, -0.1) is 0 Å². The zero-order valence-electron chi connectivity index (χ0n) is 19.1. The number of aliphatic hydroxyl groups excluding tert-OH is 1. The minimum absolute atomic E-state index is 0. The molecule has 33 heavy (non-hydrogen) atoms. The normalized spacial score (nSPS) is 17.8. The number of hydroxylamine groups is 2. The Hall–Kier alpha value is -1.41. The fourth-order valence-corrected chi connectivity index (χ4v) is 4.00. The van der Waals surface area contributed by atoms with Crippen molar-refractivity contribution < 1.29 is 47.8 Å². The van der Waals surface area contributed by atoms with E-state index in [-0.39, 0.29) is 45.2 Å². The molecule has 6 nitrogen and oxygen atoms in total. The van der Waals surface area contributed by atoms with Crippen LogP contribution in [-0.4, -0.2) is 35.0 Å². The zero-order valence-corrected chi connectivity index (χ0v) is 22.7. The SMILES string of the molecule is CC(C)c1ccccc1Oc1ccc(C2CCN(O)C2)c(CO)c1.[NH-]C1=C(Cl)C=CCN1.[Y]. The molecule has 0 aromatic heterocycles. The van der Waals surface area contributed by atoms with Crippen molar-refractivity contribution in [2.45, 2.75) is 38.7 Å². The van der Waals surface area contributed by atoms with E-state index in [1.807, 2.05) is 42.5 Å². The van der Waals surface area contributed by atoms with Crippen LogP contribution in [0.5, 0.6) is 11.5 Å². The van der Waals surface area contributed by atoms with Gasteiger partial charge in [0.15, 0.2) is 0 Å². The molecule has 1 fully saturated rings. The molecule has 2 aliphatic rings. The van der Waals surface area contributed by atoms with Crippen molar-refractivity contribution in [3.8, 4) is 11.5 Å². The van der Waals surface area contributed by atoms with E-state index in [9.17, 15) is 10.3 Å². The van der Waals surface area contributed by atoms with Crippen molar-refractivity contribution in [3.05, 3.63) is 87.9 Å². The molecule has 1 radical (unpaired) electrons. The molecule has 0 spiro atoms. The van der Waals surface area contributed by atoms with Gasteiger partial charge >= 0.3 is 0 Å². The topological polar surface area (TPSA) is 88.8 Å². The largest absolute Gasteiger partial charge is 0.481 e. The smallest absolute Gasteiger partial charge is 0.130 e. The molecule has 1 unspecified atom stereocenters. The van der Waals surface area contributed by atoms with E-state index in [0.29, 0.717) is 29.9 Å². The van der Waals surface area contributed by atoms with Crippen LogP contribution in [0.15, 0.2) is 65.5 Å². The van der Waals surface area contributed by atoms with Crippen molar-refractivity contribution in [1.82, 2.24) is 10.4 Å². The van der Waals surface area contributed by atoms with E-state index in [1.165, 1.54) is 10.6 Å². The van der Waals surface area contributed by atoms with Crippen molar-refractivity contribution in [2.24, 2.45) is 0 Å². The number of halogens is 1. The summed E-state index contributed by atoms with van der Waals surface area (Å²) in [6.07, 6.45) is 4.50. The number of para-hydroxylation sites is 1. The Balaban J connectivity index is 0.000000364. The van der Waals surface area contributed by atoms with Gasteiger partial charge in [0, 0.05) is 56.7 Å². The molecule has 4 N–H and O–H groups in total. The van der Waals surface area contributed by atoms with E-state index < -0.39 is 0 Å². The number of benzene rings is 2. The fraction of sp³-hybridized carbons (Fsp3) is 0.360. The Morgan fingerprint density at radius 2 is 2.00 bits per heavy atom. The molecule has 1 atom stereocenters. The Kier molecular flexibility index (Phi) is 11.4. The van der Waals surface area contributed by atoms with Gasteiger partial charge in [-0.2, -0.15) is 5.06 Å². The molecule has 1 saturated heterocycles. The molecule has 2 heterocycles. The molecule has 175 valence electrons. The molecule has 8 heteroatoms. The maximum atomic E-state index is 9.75. The van der Waals surface area contributed by atoms with Gasteiger partial charge in [0.05, 0.1) is 6.61 Å². The molecule has 4 rings (SSSR count). The average Bonchev–Trinajstić information content (AvgIpc) is 3.22. The summed E-state index contributed by atoms with van der Waals surface area (Å²) >= 11 is 5.51. The van der Waals surface area contributed by atoms with Gasteiger partial charge in [0.2, 0.25) is 0 Å². The molecule has 2 aliphatic heterocycles. The van der Waals surface area contributed by atoms with Crippen molar-refractivity contribution >= 4 is 11.6 Å². The first-order valence-electron chi connectivity index (χ1n) is 10.8. The number of nitrogens with zero attached hydrogens (tertiary/aromatic N) is 1. The fourth-order valence-electron chi connectivity index (χ4n) is 3.85. The van der Waals surface area contributed by atoms with Gasteiger partial charge in [-0.25, -0.2) is 0 Å². The summed E-state index contributed by atoms with van der Waals surface area (Å²) in [5.41, 5.74) is 10.2. The minimum Gasteiger partial charge on any atom is -0.481 e. The van der Waals surface area contributed by atoms with Gasteiger partial charge in [-0.1, -0.05) is 61.6 Å². The number of nitrogens with one attached hydrogen (secondary N) is 2. The van der Waals surface area contributed by atoms with E-state index in [4.69, 9.17) is 22.1 Å². The number of dihydropyridines is 1. The van der Waals surface area contributed by atoms with Crippen LogP contribution in [0.3, 0.4) is 0 Å². The van der Waals surface area contributed by atoms with Gasteiger partial charge in [0.1, 0.15) is 11.5 Å². The summed E-state index contributed by atoms with van der Waals surface area (Å²) in [7, 11) is 0. The summed E-state index contributed by atoms with van der Waals surface area (Å²) in [5, 5.41) is 23.9. The van der Waals surface area contributed by atoms with E-state index >= 15 is 0 Å². The number of ether oxygens (including phenoxy) is 1. The van der Waals surface area contributed by atoms with E-state index in [0.717, 1.165) is 35.6 Å². The Bertz CT molecular complexity index is 981. The van der Waals surface area contributed by atoms with Crippen molar-refractivity contribution in [3.63, 3.8) is 0 Å². The second kappa shape index (κ2) is 13.5. The second-order valence-electron chi connectivity index (χ2n) is 8.22. The van der Waals surface area contributed by atoms with Crippen LogP contribution in [0.4, 0.5) is 0 Å². The quantitative estimate of drug-likeness (QED) is 0.437. The third-order valence-corrected chi connectivity index (χ3v) is 5.87. The first-order valence-corrected chi connectivity index (χ1v) is 11.2. The van der Waals surface area contributed by atoms with Crippen LogP contribution in [-0.2, 0) is 39.3 Å². The Morgan fingerprint density at radius 3 is 2.58 bits per heavy atom. The Labute approximate surface area is 226 Å². The zero-order chi connectivity index (χ0) is 23.1. The summed E-state index contributed by atoms with van der Waals surface area (Å²) in [6, 6.07) is 13.9. The Morgan fingerprint density at radius 1 is 1.24 bits per heavy atom. The van der Waals surface area contributed by atoms with Crippen LogP contribution >= 0.6 is 11.6 Å². The number of allylic oxidation sites excluding steroid dienone is 2.